The largest absolute Gasteiger partial charge is 0.492 e. The van der Waals surface area contributed by atoms with Crippen LogP contribution in [0.2, 0.25) is 0 Å². The van der Waals surface area contributed by atoms with Crippen LogP contribution in [0.1, 0.15) is 19.4 Å². The molecule has 0 radical (unpaired) electrons. The van der Waals surface area contributed by atoms with Crippen LogP contribution >= 0.6 is 12.2 Å². The van der Waals surface area contributed by atoms with E-state index in [4.69, 9.17) is 26.4 Å². The number of anilines is 2. The number of rotatable bonds is 8. The SMILES string of the molecule is CCOc1cc(N2CCOCC2)c(OCC)cc1NC(=S)NCc1ccccc1. The number of benzene rings is 2. The number of ether oxygens (including phenoxy) is 3. The number of hydrogen-bond donors (Lipinski definition) is 2. The van der Waals surface area contributed by atoms with Crippen LogP contribution in [0, 0.1) is 0 Å². The van der Waals surface area contributed by atoms with Crippen LogP contribution in [0.25, 0.3) is 0 Å². The second-order valence-corrected chi connectivity index (χ2v) is 6.98. The average molecular weight is 416 g/mol. The molecular formula is C22H29N3O3S. The Kier molecular flexibility index (Phi) is 7.95. The molecule has 0 unspecified atom stereocenters. The number of nitrogens with one attached hydrogen (secondary N) is 2. The highest BCUT2D eigenvalue weighted by Crippen LogP contribution is 2.39. The van der Waals surface area contributed by atoms with Crippen molar-refractivity contribution in [3.63, 3.8) is 0 Å². The van der Waals surface area contributed by atoms with Crippen molar-refractivity contribution in [2.24, 2.45) is 0 Å². The van der Waals surface area contributed by atoms with Crippen LogP contribution in [0.15, 0.2) is 42.5 Å². The van der Waals surface area contributed by atoms with Gasteiger partial charge >= 0.3 is 0 Å². The molecule has 0 aromatic heterocycles. The smallest absolute Gasteiger partial charge is 0.171 e. The lowest BCUT2D eigenvalue weighted by Crippen LogP contribution is -2.36. The van der Waals surface area contributed by atoms with Crippen molar-refractivity contribution in [2.75, 3.05) is 49.7 Å². The van der Waals surface area contributed by atoms with Gasteiger partial charge in [-0.05, 0) is 31.6 Å². The van der Waals surface area contributed by atoms with Gasteiger partial charge in [-0.2, -0.15) is 0 Å². The number of hydrogen-bond acceptors (Lipinski definition) is 5. The maximum Gasteiger partial charge on any atom is 0.171 e. The molecule has 2 aromatic carbocycles. The molecule has 0 amide bonds. The van der Waals surface area contributed by atoms with E-state index in [9.17, 15) is 0 Å². The molecule has 6 nitrogen and oxygen atoms in total. The van der Waals surface area contributed by atoms with Gasteiger partial charge in [0.1, 0.15) is 11.5 Å². The van der Waals surface area contributed by atoms with Crippen LogP contribution in [-0.4, -0.2) is 44.6 Å². The van der Waals surface area contributed by atoms with E-state index in [1.165, 1.54) is 5.56 Å². The van der Waals surface area contributed by atoms with Crippen molar-refractivity contribution < 1.29 is 14.2 Å². The first-order valence-electron chi connectivity index (χ1n) is 10.1. The van der Waals surface area contributed by atoms with Gasteiger partial charge in [-0.15, -0.1) is 0 Å². The fraction of sp³-hybridized carbons (Fsp3) is 0.409. The highest BCUT2D eigenvalue weighted by molar-refractivity contribution is 7.80. The Morgan fingerprint density at radius 2 is 1.72 bits per heavy atom. The maximum absolute atomic E-state index is 5.93. The minimum atomic E-state index is 0.538. The minimum Gasteiger partial charge on any atom is -0.492 e. The maximum atomic E-state index is 5.93. The minimum absolute atomic E-state index is 0.538. The van der Waals surface area contributed by atoms with Crippen LogP contribution in [0.5, 0.6) is 11.5 Å². The predicted octanol–water partition coefficient (Wildman–Crippen LogP) is 3.81. The van der Waals surface area contributed by atoms with Crippen molar-refractivity contribution in [1.29, 1.82) is 0 Å². The monoisotopic (exact) mass is 415 g/mol. The number of morpholine rings is 1. The van der Waals surface area contributed by atoms with Gasteiger partial charge in [0.2, 0.25) is 0 Å². The molecule has 2 aromatic rings. The summed E-state index contributed by atoms with van der Waals surface area (Å²) in [6.07, 6.45) is 0. The third-order valence-electron chi connectivity index (χ3n) is 4.56. The summed E-state index contributed by atoms with van der Waals surface area (Å²) in [5, 5.41) is 7.05. The fourth-order valence-corrected chi connectivity index (χ4v) is 3.37. The summed E-state index contributed by atoms with van der Waals surface area (Å²) in [7, 11) is 0. The molecule has 1 heterocycles. The summed E-state index contributed by atoms with van der Waals surface area (Å²) >= 11 is 5.50. The van der Waals surface area contributed by atoms with Crippen LogP contribution in [0.3, 0.4) is 0 Å². The molecule has 0 spiro atoms. The van der Waals surface area contributed by atoms with Gasteiger partial charge in [0.15, 0.2) is 5.11 Å². The third-order valence-corrected chi connectivity index (χ3v) is 4.80. The molecule has 0 atom stereocenters. The number of nitrogens with zero attached hydrogens (tertiary/aromatic N) is 1. The van der Waals surface area contributed by atoms with E-state index in [-0.39, 0.29) is 0 Å². The van der Waals surface area contributed by atoms with E-state index in [0.29, 0.717) is 38.1 Å². The van der Waals surface area contributed by atoms with E-state index in [1.807, 2.05) is 44.2 Å². The van der Waals surface area contributed by atoms with Gasteiger partial charge < -0.3 is 29.7 Å². The molecule has 1 saturated heterocycles. The van der Waals surface area contributed by atoms with Gasteiger partial charge in [0.25, 0.3) is 0 Å². The normalized spacial score (nSPS) is 13.7. The standard InChI is InChI=1S/C22H29N3O3S/c1-3-27-20-15-19(25-10-12-26-13-11-25)21(28-4-2)14-18(20)24-22(29)23-16-17-8-6-5-7-9-17/h5-9,14-15H,3-4,10-13,16H2,1-2H3,(H2,23,24,29). The predicted molar refractivity (Wildman–Crippen MR) is 121 cm³/mol. The Morgan fingerprint density at radius 3 is 2.41 bits per heavy atom. The van der Waals surface area contributed by atoms with Crippen LogP contribution in [-0.2, 0) is 11.3 Å². The lowest BCUT2D eigenvalue weighted by molar-refractivity contribution is 0.122. The molecule has 0 aliphatic carbocycles. The fourth-order valence-electron chi connectivity index (χ4n) is 3.19. The molecule has 0 saturated carbocycles. The van der Waals surface area contributed by atoms with Crippen molar-refractivity contribution in [1.82, 2.24) is 5.32 Å². The molecule has 2 N–H and O–H groups in total. The van der Waals surface area contributed by atoms with Gasteiger partial charge in [-0.25, -0.2) is 0 Å². The lowest BCUT2D eigenvalue weighted by Gasteiger charge is -2.31. The molecule has 29 heavy (non-hydrogen) atoms. The Bertz CT molecular complexity index is 795. The molecular weight excluding hydrogens is 386 g/mol. The topological polar surface area (TPSA) is 55.0 Å². The van der Waals surface area contributed by atoms with E-state index in [0.717, 1.165) is 36.0 Å². The van der Waals surface area contributed by atoms with Gasteiger partial charge in [-0.3, -0.25) is 0 Å². The Morgan fingerprint density at radius 1 is 1.03 bits per heavy atom. The summed E-state index contributed by atoms with van der Waals surface area (Å²) < 4.78 is 17.3. The number of thiocarbonyl (C=S) groups is 1. The van der Waals surface area contributed by atoms with Crippen molar-refractivity contribution in [3.8, 4) is 11.5 Å². The molecule has 1 aliphatic rings. The molecule has 0 bridgehead atoms. The van der Waals surface area contributed by atoms with E-state index in [1.54, 1.807) is 0 Å². The highest BCUT2D eigenvalue weighted by Gasteiger charge is 2.20. The summed E-state index contributed by atoms with van der Waals surface area (Å²) in [4.78, 5) is 2.27. The van der Waals surface area contributed by atoms with E-state index < -0.39 is 0 Å². The van der Waals surface area contributed by atoms with E-state index >= 15 is 0 Å². The molecule has 1 aliphatic heterocycles. The zero-order valence-electron chi connectivity index (χ0n) is 17.1. The summed E-state index contributed by atoms with van der Waals surface area (Å²) in [5.74, 6) is 1.56. The first-order valence-corrected chi connectivity index (χ1v) is 10.5. The summed E-state index contributed by atoms with van der Waals surface area (Å²) in [5.41, 5.74) is 2.98. The second kappa shape index (κ2) is 10.9. The highest BCUT2D eigenvalue weighted by atomic mass is 32.1. The molecule has 7 heteroatoms. The Balaban J connectivity index is 1.78. The van der Waals surface area contributed by atoms with Crippen molar-refractivity contribution in [2.45, 2.75) is 20.4 Å². The van der Waals surface area contributed by atoms with Gasteiger partial charge in [0.05, 0.1) is 37.8 Å². The lowest BCUT2D eigenvalue weighted by atomic mass is 10.2. The second-order valence-electron chi connectivity index (χ2n) is 6.57. The first-order chi connectivity index (χ1) is 14.2. The Labute approximate surface area is 178 Å². The molecule has 3 rings (SSSR count). The summed E-state index contributed by atoms with van der Waals surface area (Å²) in [6.45, 7) is 8.84. The first kappa shape index (κ1) is 21.2. The van der Waals surface area contributed by atoms with Crippen LogP contribution in [0.4, 0.5) is 11.4 Å². The molecule has 156 valence electrons. The van der Waals surface area contributed by atoms with Crippen molar-refractivity contribution >= 4 is 28.7 Å². The van der Waals surface area contributed by atoms with Crippen LogP contribution < -0.4 is 25.0 Å². The summed E-state index contributed by atoms with van der Waals surface area (Å²) in [6, 6.07) is 14.1. The Hall–Kier alpha value is -2.51. The third kappa shape index (κ3) is 5.98. The zero-order valence-corrected chi connectivity index (χ0v) is 17.9. The van der Waals surface area contributed by atoms with E-state index in [2.05, 4.69) is 27.7 Å². The van der Waals surface area contributed by atoms with Crippen molar-refractivity contribution in [3.05, 3.63) is 48.0 Å². The zero-order chi connectivity index (χ0) is 20.5. The van der Waals surface area contributed by atoms with Gasteiger partial charge in [-0.1, -0.05) is 30.3 Å². The molecule has 1 fully saturated rings. The quantitative estimate of drug-likeness (QED) is 0.636. The van der Waals surface area contributed by atoms with Gasteiger partial charge in [0, 0.05) is 31.8 Å². The average Bonchev–Trinajstić information content (AvgIpc) is 2.75.